The van der Waals surface area contributed by atoms with Crippen molar-refractivity contribution in [2.45, 2.75) is 37.0 Å². The second-order valence-electron chi connectivity index (χ2n) is 5.22. The van der Waals surface area contributed by atoms with Gasteiger partial charge in [0.2, 0.25) is 5.92 Å². The summed E-state index contributed by atoms with van der Waals surface area (Å²) in [5.41, 5.74) is -1.85. The second kappa shape index (κ2) is 5.20. The number of hydrogen-bond acceptors (Lipinski definition) is 2. The molecule has 1 aromatic carbocycles. The Kier molecular flexibility index (Phi) is 3.86. The van der Waals surface area contributed by atoms with Gasteiger partial charge < -0.3 is 9.84 Å². The van der Waals surface area contributed by atoms with E-state index in [2.05, 4.69) is 4.74 Å². The lowest BCUT2D eigenvalue weighted by molar-refractivity contribution is -0.149. The number of alkyl halides is 2. The van der Waals surface area contributed by atoms with Gasteiger partial charge in [0.05, 0.1) is 12.5 Å². The van der Waals surface area contributed by atoms with Crippen molar-refractivity contribution in [2.75, 3.05) is 7.11 Å². The van der Waals surface area contributed by atoms with E-state index in [4.69, 9.17) is 0 Å². The molecule has 1 saturated carbocycles. The van der Waals surface area contributed by atoms with Crippen molar-refractivity contribution in [3.05, 3.63) is 29.3 Å². The lowest BCUT2D eigenvalue weighted by Crippen LogP contribution is -2.42. The zero-order valence-corrected chi connectivity index (χ0v) is 11.3. The topological polar surface area (TPSA) is 46.5 Å². The molecule has 0 atom stereocenters. The highest BCUT2D eigenvalue weighted by atomic mass is 19.3. The van der Waals surface area contributed by atoms with Crippen LogP contribution in [0.5, 0.6) is 5.75 Å². The fourth-order valence-corrected chi connectivity index (χ4v) is 2.70. The highest BCUT2D eigenvalue weighted by Gasteiger charge is 2.49. The SMILES string of the molecule is COc1c(F)cc(C2(C(=O)O)CCC(F)(F)CC2)cc1F. The largest absolute Gasteiger partial charge is 0.491 e. The van der Waals surface area contributed by atoms with Crippen LogP contribution in [0, 0.1) is 11.6 Å². The number of aliphatic carboxylic acids is 1. The molecular weight excluding hydrogens is 292 g/mol. The number of carboxylic acids is 1. The Morgan fingerprint density at radius 1 is 1.14 bits per heavy atom. The summed E-state index contributed by atoms with van der Waals surface area (Å²) >= 11 is 0. The first-order valence-electron chi connectivity index (χ1n) is 6.36. The third-order valence-corrected chi connectivity index (χ3v) is 4.00. The first-order chi connectivity index (χ1) is 9.72. The maximum atomic E-state index is 13.7. The third kappa shape index (κ3) is 2.69. The minimum absolute atomic E-state index is 0.152. The average molecular weight is 306 g/mol. The van der Waals surface area contributed by atoms with E-state index in [0.717, 1.165) is 19.2 Å². The zero-order chi connectivity index (χ0) is 15.8. The maximum Gasteiger partial charge on any atom is 0.314 e. The van der Waals surface area contributed by atoms with Gasteiger partial charge in [-0.25, -0.2) is 17.6 Å². The summed E-state index contributed by atoms with van der Waals surface area (Å²) in [6.45, 7) is 0. The van der Waals surface area contributed by atoms with E-state index >= 15 is 0 Å². The van der Waals surface area contributed by atoms with Crippen LogP contribution >= 0.6 is 0 Å². The van der Waals surface area contributed by atoms with Crippen LogP contribution in [-0.2, 0) is 10.2 Å². The standard InChI is InChI=1S/C14H14F4O3/c1-21-11-9(15)6-8(7-10(11)16)13(12(19)20)2-4-14(17,18)5-3-13/h6-7H,2-5H2,1H3,(H,19,20). The van der Waals surface area contributed by atoms with Crippen molar-refractivity contribution < 1.29 is 32.2 Å². The van der Waals surface area contributed by atoms with Gasteiger partial charge in [0.15, 0.2) is 17.4 Å². The van der Waals surface area contributed by atoms with Gasteiger partial charge in [-0.3, -0.25) is 4.79 Å². The van der Waals surface area contributed by atoms with Crippen molar-refractivity contribution in [1.29, 1.82) is 0 Å². The molecule has 0 spiro atoms. The fourth-order valence-electron chi connectivity index (χ4n) is 2.70. The Morgan fingerprint density at radius 3 is 2.00 bits per heavy atom. The predicted octanol–water partition coefficient (Wildman–Crippen LogP) is 3.51. The van der Waals surface area contributed by atoms with Crippen LogP contribution in [0.25, 0.3) is 0 Å². The first kappa shape index (κ1) is 15.6. The molecule has 0 radical (unpaired) electrons. The van der Waals surface area contributed by atoms with Crippen molar-refractivity contribution in [1.82, 2.24) is 0 Å². The summed E-state index contributed by atoms with van der Waals surface area (Å²) in [5, 5.41) is 9.40. The number of halogens is 4. The molecule has 0 amide bonds. The maximum absolute atomic E-state index is 13.7. The molecule has 21 heavy (non-hydrogen) atoms. The van der Waals surface area contributed by atoms with Crippen LogP contribution < -0.4 is 4.74 Å². The molecule has 0 aromatic heterocycles. The van der Waals surface area contributed by atoms with Crippen LogP contribution in [0.4, 0.5) is 17.6 Å². The summed E-state index contributed by atoms with van der Waals surface area (Å²) in [6.07, 6.45) is -2.01. The van der Waals surface area contributed by atoms with Crippen molar-refractivity contribution >= 4 is 5.97 Å². The summed E-state index contributed by atoms with van der Waals surface area (Å²) < 4.78 is 58.5. The monoisotopic (exact) mass is 306 g/mol. The fraction of sp³-hybridized carbons (Fsp3) is 0.500. The Balaban J connectivity index is 2.48. The van der Waals surface area contributed by atoms with Gasteiger partial charge in [0.1, 0.15) is 0 Å². The summed E-state index contributed by atoms with van der Waals surface area (Å²) in [5.74, 6) is -7.03. The number of ether oxygens (including phenoxy) is 1. The number of benzene rings is 1. The van der Waals surface area contributed by atoms with Gasteiger partial charge in [-0.15, -0.1) is 0 Å². The van der Waals surface area contributed by atoms with Crippen molar-refractivity contribution in [3.8, 4) is 5.75 Å². The van der Waals surface area contributed by atoms with Gasteiger partial charge in [0, 0.05) is 12.8 Å². The molecule has 0 aliphatic heterocycles. The predicted molar refractivity (Wildman–Crippen MR) is 65.6 cm³/mol. The molecule has 1 aromatic rings. The Bertz CT molecular complexity index is 538. The van der Waals surface area contributed by atoms with E-state index in [1.807, 2.05) is 0 Å². The Morgan fingerprint density at radius 2 is 1.62 bits per heavy atom. The Hall–Kier alpha value is -1.79. The molecule has 7 heteroatoms. The molecule has 3 nitrogen and oxygen atoms in total. The highest BCUT2D eigenvalue weighted by molar-refractivity contribution is 5.81. The molecule has 2 rings (SSSR count). The molecule has 0 saturated heterocycles. The van der Waals surface area contributed by atoms with Gasteiger partial charge >= 0.3 is 5.97 Å². The van der Waals surface area contributed by atoms with E-state index < -0.39 is 47.5 Å². The molecule has 0 heterocycles. The van der Waals surface area contributed by atoms with Gasteiger partial charge in [0.25, 0.3) is 0 Å². The molecule has 0 bridgehead atoms. The third-order valence-electron chi connectivity index (χ3n) is 4.00. The highest BCUT2D eigenvalue weighted by Crippen LogP contribution is 2.46. The normalized spacial score (nSPS) is 20.0. The molecule has 0 unspecified atom stereocenters. The summed E-state index contributed by atoms with van der Waals surface area (Å²) in [7, 11) is 1.08. The van der Waals surface area contributed by atoms with E-state index in [9.17, 15) is 27.5 Å². The van der Waals surface area contributed by atoms with Crippen LogP contribution in [-0.4, -0.2) is 24.1 Å². The van der Waals surface area contributed by atoms with Gasteiger partial charge in [-0.2, -0.15) is 0 Å². The first-order valence-corrected chi connectivity index (χ1v) is 6.36. The minimum Gasteiger partial charge on any atom is -0.491 e. The zero-order valence-electron chi connectivity index (χ0n) is 11.3. The lowest BCUT2D eigenvalue weighted by atomic mass is 9.68. The Labute approximate surface area is 118 Å². The molecule has 1 aliphatic rings. The number of hydrogen-bond donors (Lipinski definition) is 1. The number of carboxylic acid groups (broad SMARTS) is 1. The molecular formula is C14H14F4O3. The van der Waals surface area contributed by atoms with E-state index in [1.165, 1.54) is 0 Å². The second-order valence-corrected chi connectivity index (χ2v) is 5.22. The van der Waals surface area contributed by atoms with E-state index in [-0.39, 0.29) is 18.4 Å². The minimum atomic E-state index is -2.94. The van der Waals surface area contributed by atoms with Crippen molar-refractivity contribution in [3.63, 3.8) is 0 Å². The number of rotatable bonds is 3. The molecule has 1 N–H and O–H groups in total. The van der Waals surface area contributed by atoms with E-state index in [1.54, 1.807) is 0 Å². The van der Waals surface area contributed by atoms with Crippen LogP contribution in [0.15, 0.2) is 12.1 Å². The molecule has 1 aliphatic carbocycles. The van der Waals surface area contributed by atoms with Crippen LogP contribution in [0.2, 0.25) is 0 Å². The molecule has 1 fully saturated rings. The number of carbonyl (C=O) groups is 1. The average Bonchev–Trinajstić information content (AvgIpc) is 2.38. The summed E-state index contributed by atoms with van der Waals surface area (Å²) in [6, 6.07) is 1.69. The number of methoxy groups -OCH3 is 1. The summed E-state index contributed by atoms with van der Waals surface area (Å²) in [4.78, 5) is 11.5. The van der Waals surface area contributed by atoms with Gasteiger partial charge in [-0.05, 0) is 30.5 Å². The molecule has 116 valence electrons. The lowest BCUT2D eigenvalue weighted by Gasteiger charge is -2.37. The van der Waals surface area contributed by atoms with Gasteiger partial charge in [-0.1, -0.05) is 0 Å². The quantitative estimate of drug-likeness (QED) is 0.869. The van der Waals surface area contributed by atoms with Crippen LogP contribution in [0.1, 0.15) is 31.2 Å². The van der Waals surface area contributed by atoms with E-state index in [0.29, 0.717) is 0 Å². The smallest absolute Gasteiger partial charge is 0.314 e. The van der Waals surface area contributed by atoms with Crippen LogP contribution in [0.3, 0.4) is 0 Å². The van der Waals surface area contributed by atoms with Crippen molar-refractivity contribution in [2.24, 2.45) is 0 Å².